The molecule has 89 heavy (non-hydrogen) atoms. The van der Waals surface area contributed by atoms with Gasteiger partial charge in [0.1, 0.15) is 47.3 Å². The van der Waals surface area contributed by atoms with Crippen molar-refractivity contribution in [3.63, 3.8) is 0 Å². The van der Waals surface area contributed by atoms with Gasteiger partial charge in [0.2, 0.25) is 17.0 Å². The molecule has 2 aliphatic heterocycles. The number of thiazole rings is 1. The molecule has 2 N–H and O–H groups in total. The number of allylic oxidation sites excluding steroid dienone is 2. The molecule has 23 heteroatoms. The van der Waals surface area contributed by atoms with Gasteiger partial charge in [-0.3, -0.25) is 14.5 Å². The molecule has 0 bridgehead atoms. The molecule has 10 rings (SSSR count). The van der Waals surface area contributed by atoms with Gasteiger partial charge >= 0.3 is 5.97 Å². The van der Waals surface area contributed by atoms with Gasteiger partial charge in [0, 0.05) is 48.4 Å². The molecule has 1 saturated heterocycles. The summed E-state index contributed by atoms with van der Waals surface area (Å²) in [4.78, 5) is 56.1. The van der Waals surface area contributed by atoms with E-state index in [2.05, 4.69) is 20.4 Å². The number of hydrogen-bond acceptors (Lipinski definition) is 17. The second kappa shape index (κ2) is 31.7. The van der Waals surface area contributed by atoms with Crippen LogP contribution < -0.4 is 53.4 Å². The maximum absolute atomic E-state index is 16.6. The third kappa shape index (κ3) is 15.4. The number of benzene rings is 6. The van der Waals surface area contributed by atoms with Crippen LogP contribution in [0.3, 0.4) is 0 Å². The van der Waals surface area contributed by atoms with Gasteiger partial charge in [0.25, 0.3) is 11.8 Å². The number of nitrogens with zero attached hydrogens (tertiary/aromatic N) is 4. The minimum atomic E-state index is -1.19. The van der Waals surface area contributed by atoms with Gasteiger partial charge in [-0.15, -0.1) is 23.1 Å². The van der Waals surface area contributed by atoms with Crippen LogP contribution in [0.1, 0.15) is 33.5 Å². The van der Waals surface area contributed by atoms with Crippen molar-refractivity contribution >= 4 is 62.6 Å². The molecule has 2 aliphatic rings. The van der Waals surface area contributed by atoms with Gasteiger partial charge in [-0.25, -0.2) is 18.6 Å². The highest BCUT2D eigenvalue weighted by Gasteiger charge is 2.54. The number of carbonyl (C=O) groups excluding carboxylic acids is 3. The van der Waals surface area contributed by atoms with Crippen LogP contribution >= 0.6 is 23.1 Å². The Morgan fingerprint density at radius 1 is 0.775 bits per heavy atom. The Labute approximate surface area is 538 Å². The number of aromatic nitrogens is 2. The third-order valence-corrected chi connectivity index (χ3v) is 16.4. The number of ether oxygens (including phenoxy) is 8. The van der Waals surface area contributed by atoms with E-state index in [4.69, 9.17) is 47.7 Å². The Morgan fingerprint density at radius 3 is 2.03 bits per heavy atom. The highest BCUT2D eigenvalue weighted by molar-refractivity contribution is 8.00. The van der Waals surface area contributed by atoms with E-state index in [1.54, 1.807) is 36.8 Å². The van der Waals surface area contributed by atoms with Crippen molar-refractivity contribution in [1.82, 2.24) is 15.2 Å². The number of carbonyl (C=O) groups is 3. The molecule has 0 radical (unpaired) electrons. The summed E-state index contributed by atoms with van der Waals surface area (Å²) in [5.41, 5.74) is 3.12. The predicted octanol–water partition coefficient (Wildman–Crippen LogP) is 6.85. The van der Waals surface area contributed by atoms with Crippen molar-refractivity contribution in [2.45, 2.75) is 36.7 Å². The summed E-state index contributed by atoms with van der Waals surface area (Å²) in [6.07, 6.45) is 5.70. The number of methoxy groups -OCH3 is 3. The van der Waals surface area contributed by atoms with Crippen LogP contribution in [0.2, 0.25) is 0 Å². The summed E-state index contributed by atoms with van der Waals surface area (Å²) in [6.45, 7) is -0.726. The van der Waals surface area contributed by atoms with Crippen molar-refractivity contribution in [2.75, 3.05) is 72.4 Å². The summed E-state index contributed by atoms with van der Waals surface area (Å²) in [5, 5.41) is 13.0. The van der Waals surface area contributed by atoms with Crippen molar-refractivity contribution in [2.24, 2.45) is 5.16 Å². The molecule has 462 valence electrons. The number of esters is 1. The molecule has 2 aromatic heterocycles. The van der Waals surface area contributed by atoms with E-state index < -0.39 is 83.8 Å². The standard InChI is InChI=1S/C66H62F2N6O12S2.HI/c1-78-33-35-81-42-84-59-52(67)37-47(55(68)60(59)85-43-82-36-34-79-2)39-86-72-56(53-41-88-65(69-53)71-66(48-20-7-4-8-21-48,49-22-9-5-10-23-49)50-24-11-6-12-25-50)61(75)70-57-62(76)74-58(64(77)83-38-44-27-29-51(80-3)30-28-44)46(40-87-63(57)74)19-16-32-73-31-15-18-45-17-13-14-26-54(45)73;/h4-31,37,41,57,63H,32-36,38-40,42-43H2,1-3H3,(H-,69,70,71,75);1H. The number of amides is 2. The van der Waals surface area contributed by atoms with E-state index in [9.17, 15) is 9.59 Å². The Hall–Kier alpha value is -8.30. The van der Waals surface area contributed by atoms with Gasteiger partial charge in [-0.1, -0.05) is 126 Å². The molecule has 2 amide bonds. The fourth-order valence-corrected chi connectivity index (χ4v) is 12.0. The number of β-lactam (4-membered cyclic amide) rings is 1. The van der Waals surface area contributed by atoms with E-state index in [-0.39, 0.29) is 79.7 Å². The van der Waals surface area contributed by atoms with Gasteiger partial charge in [0.15, 0.2) is 48.8 Å². The predicted molar refractivity (Wildman–Crippen MR) is 327 cm³/mol. The molecule has 2 atom stereocenters. The molecule has 8 aromatic rings. The first kappa shape index (κ1) is 65.2. The Bertz CT molecular complexity index is 3690. The highest BCUT2D eigenvalue weighted by atomic mass is 127. The maximum Gasteiger partial charge on any atom is 0.355 e. The molecule has 2 unspecified atom stereocenters. The Kier molecular flexibility index (Phi) is 23.2. The van der Waals surface area contributed by atoms with Gasteiger partial charge in [0.05, 0.1) is 33.5 Å². The van der Waals surface area contributed by atoms with Crippen LogP contribution in [0.25, 0.3) is 10.9 Å². The van der Waals surface area contributed by atoms with Crippen molar-refractivity contribution in [1.29, 1.82) is 0 Å². The molecule has 18 nitrogen and oxygen atoms in total. The number of oxime groups is 1. The smallest absolute Gasteiger partial charge is 0.355 e. The number of halogens is 3. The first-order chi connectivity index (χ1) is 43.1. The van der Waals surface area contributed by atoms with E-state index in [0.29, 0.717) is 28.6 Å². The molecule has 0 aliphatic carbocycles. The zero-order chi connectivity index (χ0) is 61.2. The van der Waals surface area contributed by atoms with Crippen molar-refractivity contribution in [3.05, 3.63) is 238 Å². The second-order valence-electron chi connectivity index (χ2n) is 19.8. The summed E-state index contributed by atoms with van der Waals surface area (Å²) in [5.74, 6) is -4.68. The Balaban J connectivity index is 0.00000941. The second-order valence-corrected chi connectivity index (χ2v) is 21.8. The minimum absolute atomic E-state index is 0. The van der Waals surface area contributed by atoms with Gasteiger partial charge in [-0.2, -0.15) is 4.57 Å². The number of fused-ring (bicyclic) bond motifs is 2. The SMILES string of the molecule is COCCOCOc1c(F)cc(CON=C(C(=O)NC2C(=O)N3C(C(=O)OCc4ccc(OC)cc4)=C(C=CC[n+]4cccc5ccccc54)CSC23)c2csc(NC(c3ccccc3)(c3ccccc3)c3ccccc3)n2)c(F)c1OCOCCOC.[I-]. The van der Waals surface area contributed by atoms with Crippen LogP contribution in [0.5, 0.6) is 17.2 Å². The van der Waals surface area contributed by atoms with Crippen LogP contribution in [0, 0.1) is 11.6 Å². The molecular weight excluding hydrogens is 1300 g/mol. The first-order valence-electron chi connectivity index (χ1n) is 27.9. The van der Waals surface area contributed by atoms with Gasteiger partial charge < -0.3 is 77.3 Å². The number of thioether (sulfide) groups is 1. The minimum Gasteiger partial charge on any atom is -1.00 e. The maximum atomic E-state index is 16.6. The monoisotopic (exact) mass is 1360 g/mol. The molecular formula is C66H63F2IN6O12S2. The number of hydrogen-bond donors (Lipinski definition) is 2. The highest BCUT2D eigenvalue weighted by Crippen LogP contribution is 2.43. The first-order valence-corrected chi connectivity index (χ1v) is 29.9. The van der Waals surface area contributed by atoms with Crippen LogP contribution in [-0.2, 0) is 68.2 Å². The number of pyridine rings is 1. The summed E-state index contributed by atoms with van der Waals surface area (Å²) < 4.78 is 77.7. The molecule has 0 spiro atoms. The number of anilines is 1. The van der Waals surface area contributed by atoms with Crippen molar-refractivity contribution in [3.8, 4) is 17.2 Å². The lowest BCUT2D eigenvalue weighted by atomic mass is 9.77. The van der Waals surface area contributed by atoms with Crippen molar-refractivity contribution < 1.29 is 94.4 Å². The summed E-state index contributed by atoms with van der Waals surface area (Å²) in [7, 11) is 4.52. The number of nitrogens with one attached hydrogen (secondary N) is 2. The van der Waals surface area contributed by atoms with Crippen LogP contribution in [0.4, 0.5) is 13.9 Å². The lowest BCUT2D eigenvalue weighted by Gasteiger charge is -2.49. The van der Waals surface area contributed by atoms with Gasteiger partial charge in [-0.05, 0) is 64.2 Å². The normalized spacial score (nSPS) is 14.8. The average molecular weight is 1360 g/mol. The molecule has 6 aromatic carbocycles. The number of para-hydroxylation sites is 1. The fraction of sp³-hybridized carbons (Fsp3) is 0.242. The lowest BCUT2D eigenvalue weighted by molar-refractivity contribution is -0.661. The summed E-state index contributed by atoms with van der Waals surface area (Å²) in [6, 6.07) is 48.2. The zero-order valence-corrected chi connectivity index (χ0v) is 52.5. The topological polar surface area (TPSA) is 191 Å². The van der Waals surface area contributed by atoms with Crippen LogP contribution in [-0.4, -0.2) is 112 Å². The molecule has 4 heterocycles. The lowest BCUT2D eigenvalue weighted by Crippen LogP contribution is -3.00. The molecule has 0 saturated carbocycles. The average Bonchev–Trinajstić information content (AvgIpc) is 1.44. The zero-order valence-electron chi connectivity index (χ0n) is 48.7. The third-order valence-electron chi connectivity index (χ3n) is 14.3. The molecule has 1 fully saturated rings. The Morgan fingerprint density at radius 2 is 1.39 bits per heavy atom. The number of rotatable bonds is 30. The fourth-order valence-electron chi connectivity index (χ4n) is 9.96. The quantitative estimate of drug-likeness (QED) is 0.00547. The largest absolute Gasteiger partial charge is 1.00 e. The van der Waals surface area contributed by atoms with E-state index in [1.807, 2.05) is 146 Å². The summed E-state index contributed by atoms with van der Waals surface area (Å²) >= 11 is 2.51. The van der Waals surface area contributed by atoms with E-state index >= 15 is 13.6 Å². The van der Waals surface area contributed by atoms with E-state index in [1.165, 1.54) is 42.2 Å². The van der Waals surface area contributed by atoms with Crippen LogP contribution in [0.15, 0.2) is 198 Å². The van der Waals surface area contributed by atoms with E-state index in [0.717, 1.165) is 33.7 Å².